The van der Waals surface area contributed by atoms with Gasteiger partial charge in [-0.1, -0.05) is 0 Å². The number of aromatic nitrogens is 1. The highest BCUT2D eigenvalue weighted by molar-refractivity contribution is 7.17. The highest BCUT2D eigenvalue weighted by Gasteiger charge is 2.30. The molecule has 0 atom stereocenters. The number of benzene rings is 2. The predicted molar refractivity (Wildman–Crippen MR) is 134 cm³/mol. The van der Waals surface area contributed by atoms with Gasteiger partial charge in [0.1, 0.15) is 22.2 Å². The molecule has 1 aromatic heterocycles. The molecule has 3 heterocycles. The average Bonchev–Trinajstić information content (AvgIpc) is 3.55. The third-order valence-electron chi connectivity index (χ3n) is 6.37. The van der Waals surface area contributed by atoms with Crippen LogP contribution in [0, 0.1) is 0 Å². The Morgan fingerprint density at radius 1 is 0.971 bits per heavy atom. The summed E-state index contributed by atoms with van der Waals surface area (Å²) in [7, 11) is 3.28. The number of hydrogen-bond acceptors (Lipinski definition) is 7. The molecule has 2 aliphatic heterocycles. The van der Waals surface area contributed by atoms with Crippen LogP contribution >= 0.6 is 11.3 Å². The van der Waals surface area contributed by atoms with Gasteiger partial charge in [0.25, 0.3) is 5.91 Å². The fourth-order valence-electron chi connectivity index (χ4n) is 4.47. The number of nitrogens with zero attached hydrogens (tertiary/aromatic N) is 3. The molecule has 0 unspecified atom stereocenters. The van der Waals surface area contributed by atoms with E-state index in [1.54, 1.807) is 19.1 Å². The van der Waals surface area contributed by atoms with Crippen molar-refractivity contribution in [3.8, 4) is 27.8 Å². The summed E-state index contributed by atoms with van der Waals surface area (Å²) in [6.45, 7) is 4.42. The SMILES string of the molecule is COc1ccc(-c2nc3c(s2)C(=O)N(c2ccc(OCCN4CCCC4)c(OC)c2)CC3)cc1. The average molecular weight is 480 g/mol. The zero-order valence-electron chi connectivity index (χ0n) is 19.6. The largest absolute Gasteiger partial charge is 0.497 e. The van der Waals surface area contributed by atoms with E-state index >= 15 is 0 Å². The lowest BCUT2D eigenvalue weighted by atomic mass is 10.1. The van der Waals surface area contributed by atoms with Gasteiger partial charge >= 0.3 is 0 Å². The fourth-order valence-corrected chi connectivity index (χ4v) is 5.53. The molecule has 0 radical (unpaired) electrons. The number of rotatable bonds is 8. The molecule has 8 heteroatoms. The van der Waals surface area contributed by atoms with E-state index in [1.807, 2.05) is 42.5 Å². The van der Waals surface area contributed by atoms with Gasteiger partial charge in [0.15, 0.2) is 11.5 Å². The zero-order valence-corrected chi connectivity index (χ0v) is 20.4. The van der Waals surface area contributed by atoms with Crippen LogP contribution in [0.2, 0.25) is 0 Å². The fraction of sp³-hybridized carbons (Fsp3) is 0.385. The Labute approximate surface area is 203 Å². The third-order valence-corrected chi connectivity index (χ3v) is 7.50. The van der Waals surface area contributed by atoms with Crippen LogP contribution < -0.4 is 19.1 Å². The van der Waals surface area contributed by atoms with E-state index < -0.39 is 0 Å². The molecule has 2 aromatic carbocycles. The Morgan fingerprint density at radius 2 is 1.76 bits per heavy atom. The number of ether oxygens (including phenoxy) is 3. The van der Waals surface area contributed by atoms with Crippen LogP contribution in [0.25, 0.3) is 10.6 Å². The highest BCUT2D eigenvalue weighted by Crippen LogP contribution is 2.37. The molecule has 3 aromatic rings. The van der Waals surface area contributed by atoms with Crippen LogP contribution in [0.3, 0.4) is 0 Å². The van der Waals surface area contributed by atoms with Gasteiger partial charge < -0.3 is 19.1 Å². The molecule has 34 heavy (non-hydrogen) atoms. The summed E-state index contributed by atoms with van der Waals surface area (Å²) in [4.78, 5) is 23.0. The van der Waals surface area contributed by atoms with Crippen LogP contribution in [0.5, 0.6) is 17.2 Å². The monoisotopic (exact) mass is 479 g/mol. The van der Waals surface area contributed by atoms with E-state index in [1.165, 1.54) is 24.2 Å². The van der Waals surface area contributed by atoms with Crippen LogP contribution in [0.15, 0.2) is 42.5 Å². The first-order valence-electron chi connectivity index (χ1n) is 11.7. The lowest BCUT2D eigenvalue weighted by molar-refractivity contribution is 0.0984. The number of amides is 1. The van der Waals surface area contributed by atoms with E-state index in [0.29, 0.717) is 35.9 Å². The number of fused-ring (bicyclic) bond motifs is 1. The highest BCUT2D eigenvalue weighted by atomic mass is 32.1. The van der Waals surface area contributed by atoms with Gasteiger partial charge in [-0.25, -0.2) is 4.98 Å². The number of anilines is 1. The van der Waals surface area contributed by atoms with Crippen molar-refractivity contribution in [1.29, 1.82) is 0 Å². The first kappa shape index (κ1) is 22.7. The second kappa shape index (κ2) is 10.0. The Balaban J connectivity index is 1.31. The van der Waals surface area contributed by atoms with Crippen molar-refractivity contribution >= 4 is 22.9 Å². The minimum absolute atomic E-state index is 0.0248. The second-order valence-electron chi connectivity index (χ2n) is 8.46. The topological polar surface area (TPSA) is 64.1 Å². The van der Waals surface area contributed by atoms with Gasteiger partial charge in [0.05, 0.1) is 19.9 Å². The number of carbonyl (C=O) groups excluding carboxylic acids is 1. The molecule has 0 aliphatic carbocycles. The molecule has 0 N–H and O–H groups in total. The number of carbonyl (C=O) groups is 1. The first-order chi connectivity index (χ1) is 16.7. The molecule has 178 valence electrons. The van der Waals surface area contributed by atoms with E-state index in [2.05, 4.69) is 4.90 Å². The molecule has 2 aliphatic rings. The Bertz CT molecular complexity index is 1160. The van der Waals surface area contributed by atoms with E-state index in [0.717, 1.165) is 47.3 Å². The van der Waals surface area contributed by atoms with Crippen LogP contribution in [0.1, 0.15) is 28.2 Å². The standard InChI is InChI=1S/C26H29N3O4S/c1-31-20-8-5-18(6-9-20)25-27-21-11-14-29(26(30)24(21)34-25)19-7-10-22(23(17-19)32-2)33-16-15-28-12-3-4-13-28/h5-10,17H,3-4,11-16H2,1-2H3. The van der Waals surface area contributed by atoms with Gasteiger partial charge in [-0.15, -0.1) is 11.3 Å². The van der Waals surface area contributed by atoms with Gasteiger partial charge in [0.2, 0.25) is 0 Å². The summed E-state index contributed by atoms with van der Waals surface area (Å²) in [5.74, 6) is 2.11. The summed E-state index contributed by atoms with van der Waals surface area (Å²) in [5.41, 5.74) is 2.65. The van der Waals surface area contributed by atoms with Crippen molar-refractivity contribution in [3.63, 3.8) is 0 Å². The van der Waals surface area contributed by atoms with Crippen LogP contribution in [-0.4, -0.2) is 62.8 Å². The summed E-state index contributed by atoms with van der Waals surface area (Å²) in [5, 5.41) is 0.849. The quantitative estimate of drug-likeness (QED) is 0.474. The molecule has 0 spiro atoms. The van der Waals surface area contributed by atoms with Crippen molar-refractivity contribution < 1.29 is 19.0 Å². The molecule has 1 fully saturated rings. The Hall–Kier alpha value is -3.10. The number of thiazole rings is 1. The smallest absolute Gasteiger partial charge is 0.270 e. The van der Waals surface area contributed by atoms with E-state index in [9.17, 15) is 4.79 Å². The summed E-state index contributed by atoms with van der Waals surface area (Å²) < 4.78 is 16.8. The van der Waals surface area contributed by atoms with Gasteiger partial charge in [-0.3, -0.25) is 9.69 Å². The van der Waals surface area contributed by atoms with Crippen molar-refractivity contribution in [2.24, 2.45) is 0 Å². The van der Waals surface area contributed by atoms with Crippen molar-refractivity contribution in [3.05, 3.63) is 53.0 Å². The molecule has 0 bridgehead atoms. The molecular formula is C26H29N3O4S. The molecule has 0 saturated carbocycles. The van der Waals surface area contributed by atoms with E-state index in [-0.39, 0.29) is 5.91 Å². The second-order valence-corrected chi connectivity index (χ2v) is 9.46. The van der Waals surface area contributed by atoms with Crippen LogP contribution in [-0.2, 0) is 6.42 Å². The summed E-state index contributed by atoms with van der Waals surface area (Å²) in [6.07, 6.45) is 3.25. The third kappa shape index (κ3) is 4.60. The van der Waals surface area contributed by atoms with Crippen molar-refractivity contribution in [2.45, 2.75) is 19.3 Å². The predicted octanol–water partition coefficient (Wildman–Crippen LogP) is 4.50. The van der Waals surface area contributed by atoms with Gasteiger partial charge in [0, 0.05) is 36.8 Å². The lowest BCUT2D eigenvalue weighted by Gasteiger charge is -2.26. The van der Waals surface area contributed by atoms with Gasteiger partial charge in [-0.2, -0.15) is 0 Å². The minimum atomic E-state index is -0.0248. The molecule has 1 saturated heterocycles. The van der Waals surface area contributed by atoms with Gasteiger partial charge in [-0.05, 0) is 62.3 Å². The normalized spacial score (nSPS) is 15.9. The summed E-state index contributed by atoms with van der Waals surface area (Å²) in [6, 6.07) is 13.5. The van der Waals surface area contributed by atoms with Crippen LogP contribution in [0.4, 0.5) is 5.69 Å². The number of likely N-dealkylation sites (tertiary alicyclic amines) is 1. The maximum Gasteiger partial charge on any atom is 0.270 e. The Morgan fingerprint density at radius 3 is 2.50 bits per heavy atom. The Kier molecular flexibility index (Phi) is 6.69. The van der Waals surface area contributed by atoms with E-state index in [4.69, 9.17) is 19.2 Å². The molecule has 1 amide bonds. The zero-order chi connectivity index (χ0) is 23.5. The molecular weight excluding hydrogens is 450 g/mol. The van der Waals surface area contributed by atoms with Crippen molar-refractivity contribution in [2.75, 3.05) is 51.9 Å². The lowest BCUT2D eigenvalue weighted by Crippen LogP contribution is -2.36. The minimum Gasteiger partial charge on any atom is -0.497 e. The first-order valence-corrected chi connectivity index (χ1v) is 12.5. The molecule has 7 nitrogen and oxygen atoms in total. The number of hydrogen-bond donors (Lipinski definition) is 0. The number of methoxy groups -OCH3 is 2. The van der Waals surface area contributed by atoms with Crippen molar-refractivity contribution in [1.82, 2.24) is 9.88 Å². The maximum atomic E-state index is 13.4. The maximum absolute atomic E-state index is 13.4. The summed E-state index contributed by atoms with van der Waals surface area (Å²) >= 11 is 1.44. The molecule has 5 rings (SSSR count).